The number of hydrogen-bond acceptors (Lipinski definition) is 3. The number of thiazole rings is 1. The first-order valence-corrected chi connectivity index (χ1v) is 7.35. The van der Waals surface area contributed by atoms with Crippen LogP contribution in [-0.2, 0) is 5.88 Å². The molecule has 0 bridgehead atoms. The Balaban J connectivity index is 2.30. The maximum absolute atomic E-state index is 14.1. The fraction of sp³-hybridized carbons (Fsp3) is 0.231. The molecule has 0 amide bonds. The van der Waals surface area contributed by atoms with Crippen molar-refractivity contribution in [2.75, 3.05) is 0 Å². The summed E-state index contributed by atoms with van der Waals surface area (Å²) < 4.78 is 29.2. The zero-order chi connectivity index (χ0) is 14.3. The lowest BCUT2D eigenvalue weighted by Crippen LogP contribution is -2.10. The van der Waals surface area contributed by atoms with Crippen molar-refractivity contribution in [2.24, 2.45) is 0 Å². The largest absolute Gasteiger partial charge is 0.315 e. The second-order valence-electron chi connectivity index (χ2n) is 4.31. The van der Waals surface area contributed by atoms with E-state index in [1.807, 2.05) is 12.3 Å². The summed E-state index contributed by atoms with van der Waals surface area (Å²) in [5.74, 6) is -1.19. The van der Waals surface area contributed by atoms with Crippen molar-refractivity contribution in [2.45, 2.75) is 18.8 Å². The molecule has 0 aliphatic rings. The van der Waals surface area contributed by atoms with E-state index in [0.29, 0.717) is 11.3 Å². The molecule has 3 aromatic rings. The van der Waals surface area contributed by atoms with Gasteiger partial charge in [0.05, 0.1) is 17.4 Å². The van der Waals surface area contributed by atoms with E-state index in [0.717, 1.165) is 11.1 Å². The molecule has 0 aliphatic carbocycles. The van der Waals surface area contributed by atoms with Gasteiger partial charge in [-0.2, -0.15) is 0 Å². The third kappa shape index (κ3) is 1.99. The van der Waals surface area contributed by atoms with Gasteiger partial charge in [0.25, 0.3) is 0 Å². The zero-order valence-corrected chi connectivity index (χ0v) is 12.1. The first-order chi connectivity index (χ1) is 9.63. The first-order valence-electron chi connectivity index (χ1n) is 5.93. The van der Waals surface area contributed by atoms with Gasteiger partial charge in [-0.15, -0.1) is 22.9 Å². The molecule has 0 saturated carbocycles. The normalized spacial score (nSPS) is 13.0. The van der Waals surface area contributed by atoms with Gasteiger partial charge in [0, 0.05) is 11.6 Å². The van der Waals surface area contributed by atoms with Crippen LogP contribution >= 0.6 is 22.9 Å². The van der Waals surface area contributed by atoms with Crippen LogP contribution in [0.25, 0.3) is 11.0 Å². The molecule has 2 aromatic heterocycles. The number of aromatic nitrogens is 3. The average Bonchev–Trinajstić information content (AvgIpc) is 3.09. The lowest BCUT2D eigenvalue weighted by molar-refractivity contribution is 0.507. The number of alkyl halides is 1. The van der Waals surface area contributed by atoms with Crippen molar-refractivity contribution >= 4 is 34.0 Å². The van der Waals surface area contributed by atoms with Crippen LogP contribution in [0, 0.1) is 11.6 Å². The molecular weight excluding hydrogens is 304 g/mol. The monoisotopic (exact) mass is 313 g/mol. The van der Waals surface area contributed by atoms with E-state index in [4.69, 9.17) is 11.6 Å². The van der Waals surface area contributed by atoms with Crippen molar-refractivity contribution in [3.05, 3.63) is 46.2 Å². The summed E-state index contributed by atoms with van der Waals surface area (Å²) in [5, 5.41) is 2.63. The van der Waals surface area contributed by atoms with E-state index >= 15 is 0 Å². The molecule has 3 rings (SSSR count). The summed E-state index contributed by atoms with van der Waals surface area (Å²) in [4.78, 5) is 8.48. The molecule has 2 heterocycles. The van der Waals surface area contributed by atoms with E-state index in [-0.39, 0.29) is 17.4 Å². The van der Waals surface area contributed by atoms with E-state index in [1.54, 1.807) is 10.8 Å². The highest BCUT2D eigenvalue weighted by Gasteiger charge is 2.22. The van der Waals surface area contributed by atoms with Gasteiger partial charge in [0.15, 0.2) is 11.6 Å². The average molecular weight is 314 g/mol. The van der Waals surface area contributed by atoms with Crippen molar-refractivity contribution in [3.63, 3.8) is 0 Å². The second-order valence-corrected chi connectivity index (χ2v) is 5.50. The van der Waals surface area contributed by atoms with Crippen LogP contribution in [0.2, 0.25) is 0 Å². The number of imidazole rings is 1. The summed E-state index contributed by atoms with van der Waals surface area (Å²) >= 11 is 7.33. The van der Waals surface area contributed by atoms with Gasteiger partial charge in [0.2, 0.25) is 0 Å². The van der Waals surface area contributed by atoms with E-state index < -0.39 is 11.6 Å². The molecule has 0 aliphatic heterocycles. The second kappa shape index (κ2) is 5.10. The third-order valence-corrected chi connectivity index (χ3v) is 4.32. The molecule has 1 unspecified atom stereocenters. The molecule has 0 radical (unpaired) electrons. The number of halogens is 3. The third-order valence-electron chi connectivity index (χ3n) is 3.13. The summed E-state index contributed by atoms with van der Waals surface area (Å²) in [5.41, 5.74) is 0.520. The van der Waals surface area contributed by atoms with Crippen LogP contribution in [0.15, 0.2) is 23.7 Å². The minimum absolute atomic E-state index is 0.117. The molecule has 0 spiro atoms. The topological polar surface area (TPSA) is 30.7 Å². The Bertz CT molecular complexity index is 755. The highest BCUT2D eigenvalue weighted by Crippen LogP contribution is 2.30. The van der Waals surface area contributed by atoms with Crippen LogP contribution in [0.1, 0.15) is 23.8 Å². The van der Waals surface area contributed by atoms with Crippen molar-refractivity contribution < 1.29 is 8.78 Å². The van der Waals surface area contributed by atoms with Crippen LogP contribution in [-0.4, -0.2) is 14.5 Å². The number of hydrogen-bond donors (Lipinski definition) is 0. The quantitative estimate of drug-likeness (QED) is 0.681. The molecule has 1 aromatic carbocycles. The standard InChI is InChI=1S/C13H10ClF2N3S/c1-7(13-17-4-5-20-13)19-10(6-14)18-9-3-2-8(15)11(16)12(9)19/h2-5,7H,6H2,1H3. The van der Waals surface area contributed by atoms with E-state index in [1.165, 1.54) is 17.4 Å². The van der Waals surface area contributed by atoms with Crippen LogP contribution in [0.4, 0.5) is 8.78 Å². The van der Waals surface area contributed by atoms with Gasteiger partial charge in [-0.25, -0.2) is 18.7 Å². The predicted molar refractivity (Wildman–Crippen MR) is 75.1 cm³/mol. The van der Waals surface area contributed by atoms with Gasteiger partial charge >= 0.3 is 0 Å². The lowest BCUT2D eigenvalue weighted by Gasteiger charge is -2.14. The first kappa shape index (κ1) is 13.5. The van der Waals surface area contributed by atoms with Gasteiger partial charge in [-0.05, 0) is 19.1 Å². The van der Waals surface area contributed by atoms with Crippen LogP contribution in [0.3, 0.4) is 0 Å². The number of nitrogens with zero attached hydrogens (tertiary/aromatic N) is 3. The molecule has 104 valence electrons. The molecule has 0 N–H and O–H groups in total. The molecular formula is C13H10ClF2N3S. The Labute approximate surface area is 122 Å². The number of benzene rings is 1. The maximum Gasteiger partial charge on any atom is 0.184 e. The number of rotatable bonds is 3. The minimum Gasteiger partial charge on any atom is -0.315 e. The maximum atomic E-state index is 14.1. The minimum atomic E-state index is -0.908. The molecule has 0 fully saturated rings. The summed E-state index contributed by atoms with van der Waals surface area (Å²) in [6.07, 6.45) is 1.67. The Morgan fingerprint density at radius 1 is 1.40 bits per heavy atom. The highest BCUT2D eigenvalue weighted by molar-refractivity contribution is 7.09. The van der Waals surface area contributed by atoms with Gasteiger partial charge in [0.1, 0.15) is 16.3 Å². The van der Waals surface area contributed by atoms with Crippen molar-refractivity contribution in [1.82, 2.24) is 14.5 Å². The smallest absolute Gasteiger partial charge is 0.184 e. The molecule has 3 nitrogen and oxygen atoms in total. The van der Waals surface area contributed by atoms with Crippen LogP contribution in [0.5, 0.6) is 0 Å². The molecule has 20 heavy (non-hydrogen) atoms. The summed E-state index contributed by atoms with van der Waals surface area (Å²) in [6.45, 7) is 1.86. The SMILES string of the molecule is CC(c1nccs1)n1c(CCl)nc2ccc(F)c(F)c21. The van der Waals surface area contributed by atoms with Crippen molar-refractivity contribution in [1.29, 1.82) is 0 Å². The molecule has 7 heteroatoms. The Morgan fingerprint density at radius 3 is 2.85 bits per heavy atom. The zero-order valence-electron chi connectivity index (χ0n) is 10.5. The molecule has 0 saturated heterocycles. The Hall–Kier alpha value is -1.53. The van der Waals surface area contributed by atoms with Gasteiger partial charge in [-0.1, -0.05) is 0 Å². The Morgan fingerprint density at radius 2 is 2.20 bits per heavy atom. The fourth-order valence-electron chi connectivity index (χ4n) is 2.23. The number of fused-ring (bicyclic) bond motifs is 1. The van der Waals surface area contributed by atoms with Crippen molar-refractivity contribution in [3.8, 4) is 0 Å². The molecule has 1 atom stereocenters. The van der Waals surface area contributed by atoms with E-state index in [9.17, 15) is 8.78 Å². The van der Waals surface area contributed by atoms with Gasteiger partial charge in [-0.3, -0.25) is 0 Å². The fourth-order valence-corrected chi connectivity index (χ4v) is 3.11. The predicted octanol–water partition coefficient (Wildman–Crippen LogP) is 4.12. The summed E-state index contributed by atoms with van der Waals surface area (Å²) in [7, 11) is 0. The summed E-state index contributed by atoms with van der Waals surface area (Å²) in [6, 6.07) is 2.26. The lowest BCUT2D eigenvalue weighted by atomic mass is 10.2. The highest BCUT2D eigenvalue weighted by atomic mass is 35.5. The van der Waals surface area contributed by atoms with E-state index in [2.05, 4.69) is 9.97 Å². The van der Waals surface area contributed by atoms with Crippen LogP contribution < -0.4 is 0 Å². The Kier molecular flexibility index (Phi) is 3.43. The van der Waals surface area contributed by atoms with Gasteiger partial charge < -0.3 is 4.57 Å².